The summed E-state index contributed by atoms with van der Waals surface area (Å²) >= 11 is 0. The number of furan rings is 1. The molecule has 0 atom stereocenters. The molecule has 7 nitrogen and oxygen atoms in total. The van der Waals surface area contributed by atoms with Gasteiger partial charge >= 0.3 is 0 Å². The average molecular weight is 298 g/mol. The van der Waals surface area contributed by atoms with Crippen LogP contribution in [0.5, 0.6) is 0 Å². The standard InChI is InChI=1S/C12H18N4O3S/c1-9-3-4-11(19-9)12-10(8-15-16-12)7-14-5-6-20(17,18)13-2/h3-4,8,13-14H,5-7H2,1-2H3,(H,15,16). The molecule has 0 radical (unpaired) electrons. The highest BCUT2D eigenvalue weighted by molar-refractivity contribution is 7.89. The van der Waals surface area contributed by atoms with Gasteiger partial charge in [-0.05, 0) is 26.1 Å². The number of H-pyrrole nitrogens is 1. The van der Waals surface area contributed by atoms with Crippen LogP contribution in [-0.2, 0) is 16.6 Å². The molecule has 0 amide bonds. The zero-order valence-electron chi connectivity index (χ0n) is 11.4. The van der Waals surface area contributed by atoms with Gasteiger partial charge in [-0.3, -0.25) is 5.10 Å². The summed E-state index contributed by atoms with van der Waals surface area (Å²) in [5.74, 6) is 1.59. The predicted octanol–water partition coefficient (Wildman–Crippen LogP) is 0.617. The van der Waals surface area contributed by atoms with Gasteiger partial charge in [0.25, 0.3) is 0 Å². The van der Waals surface area contributed by atoms with Crippen LogP contribution in [0.25, 0.3) is 11.5 Å². The molecule has 0 unspecified atom stereocenters. The third-order valence-corrected chi connectivity index (χ3v) is 4.24. The maximum absolute atomic E-state index is 11.3. The van der Waals surface area contributed by atoms with Crippen molar-refractivity contribution in [2.45, 2.75) is 13.5 Å². The summed E-state index contributed by atoms with van der Waals surface area (Å²) in [7, 11) is -1.77. The highest BCUT2D eigenvalue weighted by atomic mass is 32.2. The zero-order chi connectivity index (χ0) is 14.6. The second-order valence-electron chi connectivity index (χ2n) is 4.38. The summed E-state index contributed by atoms with van der Waals surface area (Å²) in [6.07, 6.45) is 1.70. The maximum atomic E-state index is 11.3. The summed E-state index contributed by atoms with van der Waals surface area (Å²) in [6, 6.07) is 3.75. The first kappa shape index (κ1) is 14.8. The zero-order valence-corrected chi connectivity index (χ0v) is 12.3. The molecule has 2 rings (SSSR count). The van der Waals surface area contributed by atoms with Gasteiger partial charge in [-0.15, -0.1) is 0 Å². The van der Waals surface area contributed by atoms with Crippen LogP contribution in [0, 0.1) is 6.92 Å². The van der Waals surface area contributed by atoms with Crippen LogP contribution in [0.15, 0.2) is 22.7 Å². The highest BCUT2D eigenvalue weighted by Gasteiger charge is 2.11. The van der Waals surface area contributed by atoms with E-state index in [9.17, 15) is 8.42 Å². The molecule has 0 saturated carbocycles. The number of rotatable bonds is 7. The minimum Gasteiger partial charge on any atom is -0.460 e. The molecule has 0 aliphatic heterocycles. The molecule has 2 aromatic rings. The van der Waals surface area contributed by atoms with Crippen molar-refractivity contribution in [3.63, 3.8) is 0 Å². The van der Waals surface area contributed by atoms with Crippen LogP contribution in [0.1, 0.15) is 11.3 Å². The van der Waals surface area contributed by atoms with E-state index in [1.807, 2.05) is 19.1 Å². The van der Waals surface area contributed by atoms with Gasteiger partial charge in [-0.25, -0.2) is 13.1 Å². The van der Waals surface area contributed by atoms with Crippen molar-refractivity contribution in [1.29, 1.82) is 0 Å². The number of hydrogen-bond acceptors (Lipinski definition) is 5. The van der Waals surface area contributed by atoms with E-state index in [0.717, 1.165) is 22.8 Å². The van der Waals surface area contributed by atoms with Gasteiger partial charge < -0.3 is 9.73 Å². The molecule has 2 heterocycles. The molecule has 20 heavy (non-hydrogen) atoms. The fraction of sp³-hybridized carbons (Fsp3) is 0.417. The molecule has 110 valence electrons. The maximum Gasteiger partial charge on any atom is 0.212 e. The van der Waals surface area contributed by atoms with Crippen molar-refractivity contribution in [2.75, 3.05) is 19.3 Å². The summed E-state index contributed by atoms with van der Waals surface area (Å²) in [4.78, 5) is 0. The monoisotopic (exact) mass is 298 g/mol. The number of nitrogens with zero attached hydrogens (tertiary/aromatic N) is 1. The predicted molar refractivity (Wildman–Crippen MR) is 75.6 cm³/mol. The summed E-state index contributed by atoms with van der Waals surface area (Å²) < 4.78 is 30.3. The van der Waals surface area contributed by atoms with Gasteiger partial charge in [-0.2, -0.15) is 5.10 Å². The van der Waals surface area contributed by atoms with Gasteiger partial charge in [0.2, 0.25) is 10.0 Å². The van der Waals surface area contributed by atoms with E-state index < -0.39 is 10.0 Å². The first-order chi connectivity index (χ1) is 9.52. The molecule has 0 spiro atoms. The minimum atomic E-state index is -3.17. The Morgan fingerprint density at radius 2 is 2.20 bits per heavy atom. The Labute approximate surface area is 117 Å². The lowest BCUT2D eigenvalue weighted by Gasteiger charge is -2.05. The topological polar surface area (TPSA) is 100 Å². The lowest BCUT2D eigenvalue weighted by molar-refractivity contribution is 0.545. The smallest absolute Gasteiger partial charge is 0.212 e. The molecule has 0 bridgehead atoms. The van der Waals surface area contributed by atoms with E-state index in [1.165, 1.54) is 7.05 Å². The Balaban J connectivity index is 1.93. The molecular formula is C12H18N4O3S. The van der Waals surface area contributed by atoms with Gasteiger partial charge in [0.05, 0.1) is 11.9 Å². The van der Waals surface area contributed by atoms with E-state index in [-0.39, 0.29) is 5.75 Å². The number of aromatic nitrogens is 2. The second kappa shape index (κ2) is 6.21. The third-order valence-electron chi connectivity index (χ3n) is 2.88. The molecule has 0 saturated heterocycles. The van der Waals surface area contributed by atoms with Gasteiger partial charge in [0, 0.05) is 18.7 Å². The van der Waals surface area contributed by atoms with E-state index in [1.54, 1.807) is 6.20 Å². The van der Waals surface area contributed by atoms with Crippen molar-refractivity contribution >= 4 is 10.0 Å². The molecule has 0 fully saturated rings. The normalized spacial score (nSPS) is 11.9. The molecule has 0 aromatic carbocycles. The summed E-state index contributed by atoms with van der Waals surface area (Å²) in [5.41, 5.74) is 1.74. The van der Waals surface area contributed by atoms with Crippen LogP contribution < -0.4 is 10.0 Å². The van der Waals surface area contributed by atoms with E-state index >= 15 is 0 Å². The van der Waals surface area contributed by atoms with Crippen LogP contribution in [0.2, 0.25) is 0 Å². The Morgan fingerprint density at radius 3 is 2.85 bits per heavy atom. The molecule has 8 heteroatoms. The Hall–Kier alpha value is -1.64. The molecule has 0 aliphatic carbocycles. The molecule has 2 aromatic heterocycles. The second-order valence-corrected chi connectivity index (χ2v) is 6.43. The summed E-state index contributed by atoms with van der Waals surface area (Å²) in [5, 5.41) is 9.96. The van der Waals surface area contributed by atoms with E-state index in [2.05, 4.69) is 20.2 Å². The first-order valence-corrected chi connectivity index (χ1v) is 7.88. The lowest BCUT2D eigenvalue weighted by Crippen LogP contribution is -2.29. The van der Waals surface area contributed by atoms with Gasteiger partial charge in [0.1, 0.15) is 11.5 Å². The fourth-order valence-electron chi connectivity index (χ4n) is 1.76. The van der Waals surface area contributed by atoms with Crippen LogP contribution in [-0.4, -0.2) is 38.0 Å². The number of hydrogen-bond donors (Lipinski definition) is 3. The van der Waals surface area contributed by atoms with Crippen molar-refractivity contribution in [2.24, 2.45) is 0 Å². The number of nitrogens with one attached hydrogen (secondary N) is 3. The van der Waals surface area contributed by atoms with Crippen molar-refractivity contribution in [1.82, 2.24) is 20.2 Å². The molecular weight excluding hydrogens is 280 g/mol. The first-order valence-electron chi connectivity index (χ1n) is 6.23. The lowest BCUT2D eigenvalue weighted by atomic mass is 10.2. The van der Waals surface area contributed by atoms with Crippen LogP contribution in [0.3, 0.4) is 0 Å². The van der Waals surface area contributed by atoms with Crippen LogP contribution in [0.4, 0.5) is 0 Å². The molecule has 0 aliphatic rings. The van der Waals surface area contributed by atoms with Gasteiger partial charge in [-0.1, -0.05) is 0 Å². The average Bonchev–Trinajstić information content (AvgIpc) is 3.03. The number of aryl methyl sites for hydroxylation is 1. The highest BCUT2D eigenvalue weighted by Crippen LogP contribution is 2.22. The van der Waals surface area contributed by atoms with Gasteiger partial charge in [0.15, 0.2) is 5.76 Å². The SMILES string of the molecule is CNS(=O)(=O)CCNCc1cn[nH]c1-c1ccc(C)o1. The van der Waals surface area contributed by atoms with Crippen molar-refractivity contribution in [3.8, 4) is 11.5 Å². The van der Waals surface area contributed by atoms with E-state index in [0.29, 0.717) is 13.1 Å². The Morgan fingerprint density at radius 1 is 1.40 bits per heavy atom. The number of aromatic amines is 1. The largest absolute Gasteiger partial charge is 0.460 e. The molecule has 3 N–H and O–H groups in total. The quantitative estimate of drug-likeness (QED) is 0.651. The fourth-order valence-corrected chi connectivity index (χ4v) is 2.38. The van der Waals surface area contributed by atoms with Crippen LogP contribution >= 0.6 is 0 Å². The Kier molecular flexibility index (Phi) is 4.58. The van der Waals surface area contributed by atoms with E-state index in [4.69, 9.17) is 4.42 Å². The minimum absolute atomic E-state index is 0.0382. The van der Waals surface area contributed by atoms with Crippen molar-refractivity contribution < 1.29 is 12.8 Å². The third kappa shape index (κ3) is 3.69. The summed E-state index contributed by atoms with van der Waals surface area (Å²) in [6.45, 7) is 2.76. The van der Waals surface area contributed by atoms with Crippen molar-refractivity contribution in [3.05, 3.63) is 29.7 Å². The Bertz CT molecular complexity index is 660. The number of sulfonamides is 1.